The van der Waals surface area contributed by atoms with Gasteiger partial charge in [0.25, 0.3) is 0 Å². The Morgan fingerprint density at radius 1 is 0.941 bits per heavy atom. The Morgan fingerprint density at radius 3 is 2.32 bits per heavy atom. The standard InChI is InChI=1S/C28H32N2O3S/c1-21-12-14-23(15-13-21)19-34-20-27(31)30(18-24-10-7-11-25(16-24)33-3)26(28(32)29-2)17-22-8-5-4-6-9-22/h4-16,26H,17-20H2,1-3H3,(H,29,32)/t26-/m0/s1. The lowest BCUT2D eigenvalue weighted by Gasteiger charge is -2.31. The van der Waals surface area contributed by atoms with Gasteiger partial charge >= 0.3 is 0 Å². The summed E-state index contributed by atoms with van der Waals surface area (Å²) in [5.41, 5.74) is 4.31. The fraction of sp³-hybridized carbons (Fsp3) is 0.286. The van der Waals surface area contributed by atoms with Crippen molar-refractivity contribution in [1.29, 1.82) is 0 Å². The molecule has 1 atom stereocenters. The van der Waals surface area contributed by atoms with Gasteiger partial charge in [0.15, 0.2) is 0 Å². The van der Waals surface area contributed by atoms with E-state index >= 15 is 0 Å². The van der Waals surface area contributed by atoms with Crippen molar-refractivity contribution in [3.05, 3.63) is 101 Å². The normalized spacial score (nSPS) is 11.5. The van der Waals surface area contributed by atoms with Gasteiger partial charge in [-0.05, 0) is 35.7 Å². The van der Waals surface area contributed by atoms with Crippen LogP contribution in [0.3, 0.4) is 0 Å². The Balaban J connectivity index is 1.81. The molecule has 0 aliphatic rings. The van der Waals surface area contributed by atoms with Gasteiger partial charge in [-0.2, -0.15) is 0 Å². The molecule has 3 aromatic rings. The quantitative estimate of drug-likeness (QED) is 0.439. The van der Waals surface area contributed by atoms with Crippen LogP contribution in [0.15, 0.2) is 78.9 Å². The Bertz CT molecular complexity index is 1070. The molecule has 34 heavy (non-hydrogen) atoms. The highest BCUT2D eigenvalue weighted by Crippen LogP contribution is 2.20. The van der Waals surface area contributed by atoms with E-state index in [0.717, 1.165) is 22.6 Å². The summed E-state index contributed by atoms with van der Waals surface area (Å²) in [5.74, 6) is 1.51. The summed E-state index contributed by atoms with van der Waals surface area (Å²) in [6.07, 6.45) is 0.443. The molecule has 0 heterocycles. The number of nitrogens with one attached hydrogen (secondary N) is 1. The molecule has 0 saturated carbocycles. The smallest absolute Gasteiger partial charge is 0.242 e. The molecule has 0 aromatic heterocycles. The van der Waals surface area contributed by atoms with Crippen molar-refractivity contribution in [2.24, 2.45) is 0 Å². The SMILES string of the molecule is CNC(=O)[C@H](Cc1ccccc1)N(Cc1cccc(OC)c1)C(=O)CSCc1ccc(C)cc1. The minimum absolute atomic E-state index is 0.0653. The number of ether oxygens (including phenoxy) is 1. The second-order valence-corrected chi connectivity index (χ2v) is 9.16. The van der Waals surface area contributed by atoms with E-state index in [9.17, 15) is 9.59 Å². The molecule has 0 bridgehead atoms. The van der Waals surface area contributed by atoms with Crippen molar-refractivity contribution in [2.45, 2.75) is 31.7 Å². The number of thioether (sulfide) groups is 1. The molecule has 0 fully saturated rings. The van der Waals surface area contributed by atoms with E-state index in [0.29, 0.717) is 18.7 Å². The van der Waals surface area contributed by atoms with Crippen LogP contribution < -0.4 is 10.1 Å². The molecule has 178 valence electrons. The number of hydrogen-bond donors (Lipinski definition) is 1. The largest absolute Gasteiger partial charge is 0.497 e. The summed E-state index contributed by atoms with van der Waals surface area (Å²) < 4.78 is 5.36. The van der Waals surface area contributed by atoms with Gasteiger partial charge in [0.2, 0.25) is 11.8 Å². The summed E-state index contributed by atoms with van der Waals surface area (Å²) in [6.45, 7) is 2.38. The van der Waals surface area contributed by atoms with Crippen molar-refractivity contribution in [3.8, 4) is 5.75 Å². The lowest BCUT2D eigenvalue weighted by atomic mass is 10.0. The number of aryl methyl sites for hydroxylation is 1. The average Bonchev–Trinajstić information content (AvgIpc) is 2.87. The lowest BCUT2D eigenvalue weighted by molar-refractivity contribution is -0.139. The number of amides is 2. The third kappa shape index (κ3) is 7.39. The van der Waals surface area contributed by atoms with Gasteiger partial charge in [0.1, 0.15) is 11.8 Å². The number of carbonyl (C=O) groups excluding carboxylic acids is 2. The van der Waals surface area contributed by atoms with Crippen LogP contribution in [-0.2, 0) is 28.3 Å². The molecule has 0 aliphatic carbocycles. The summed E-state index contributed by atoms with van der Waals surface area (Å²) >= 11 is 1.56. The number of nitrogens with zero attached hydrogens (tertiary/aromatic N) is 1. The van der Waals surface area contributed by atoms with Crippen LogP contribution >= 0.6 is 11.8 Å². The van der Waals surface area contributed by atoms with Crippen LogP contribution in [0.25, 0.3) is 0 Å². The number of rotatable bonds is 11. The van der Waals surface area contributed by atoms with Crippen LogP contribution in [-0.4, -0.2) is 42.7 Å². The Kier molecular flexibility index (Phi) is 9.59. The van der Waals surface area contributed by atoms with E-state index < -0.39 is 6.04 Å². The highest BCUT2D eigenvalue weighted by Gasteiger charge is 2.29. The van der Waals surface area contributed by atoms with E-state index in [1.165, 1.54) is 11.1 Å². The third-order valence-electron chi connectivity index (χ3n) is 5.62. The molecule has 2 amide bonds. The molecule has 6 heteroatoms. The zero-order valence-corrected chi connectivity index (χ0v) is 20.8. The van der Waals surface area contributed by atoms with Gasteiger partial charge in [-0.3, -0.25) is 9.59 Å². The maximum absolute atomic E-state index is 13.5. The highest BCUT2D eigenvalue weighted by atomic mass is 32.2. The van der Waals surface area contributed by atoms with Gasteiger partial charge in [0.05, 0.1) is 12.9 Å². The Morgan fingerprint density at radius 2 is 1.65 bits per heavy atom. The van der Waals surface area contributed by atoms with Crippen LogP contribution in [0.1, 0.15) is 22.3 Å². The molecular weight excluding hydrogens is 444 g/mol. The van der Waals surface area contributed by atoms with Crippen molar-refractivity contribution in [3.63, 3.8) is 0 Å². The number of carbonyl (C=O) groups is 2. The van der Waals surface area contributed by atoms with Gasteiger partial charge in [-0.15, -0.1) is 11.8 Å². The van der Waals surface area contributed by atoms with Crippen LogP contribution in [0.2, 0.25) is 0 Å². The number of methoxy groups -OCH3 is 1. The second kappa shape index (κ2) is 12.8. The molecule has 0 aliphatic heterocycles. The average molecular weight is 477 g/mol. The van der Waals surface area contributed by atoms with Crippen LogP contribution in [0.4, 0.5) is 0 Å². The molecule has 0 radical (unpaired) electrons. The summed E-state index contributed by atoms with van der Waals surface area (Å²) in [5, 5.41) is 2.75. The van der Waals surface area contributed by atoms with Gasteiger partial charge in [-0.1, -0.05) is 72.3 Å². The maximum Gasteiger partial charge on any atom is 0.242 e. The van der Waals surface area contributed by atoms with Crippen molar-refractivity contribution < 1.29 is 14.3 Å². The monoisotopic (exact) mass is 476 g/mol. The third-order valence-corrected chi connectivity index (χ3v) is 6.61. The Labute approximate surface area is 206 Å². The van der Waals surface area contributed by atoms with Crippen LogP contribution in [0, 0.1) is 6.92 Å². The number of benzene rings is 3. The highest BCUT2D eigenvalue weighted by molar-refractivity contribution is 7.99. The minimum atomic E-state index is -0.619. The molecule has 5 nitrogen and oxygen atoms in total. The summed E-state index contributed by atoms with van der Waals surface area (Å²) in [4.78, 5) is 28.2. The molecule has 0 saturated heterocycles. The van der Waals surface area contributed by atoms with Gasteiger partial charge in [0, 0.05) is 25.8 Å². The lowest BCUT2D eigenvalue weighted by Crippen LogP contribution is -2.50. The molecule has 3 aromatic carbocycles. The van der Waals surface area contributed by atoms with Gasteiger partial charge < -0.3 is 15.0 Å². The zero-order chi connectivity index (χ0) is 24.3. The van der Waals surface area contributed by atoms with Crippen molar-refractivity contribution in [1.82, 2.24) is 10.2 Å². The van der Waals surface area contributed by atoms with E-state index in [1.807, 2.05) is 54.6 Å². The molecule has 1 N–H and O–H groups in total. The maximum atomic E-state index is 13.5. The molecular formula is C28H32N2O3S. The predicted molar refractivity (Wildman–Crippen MR) is 139 cm³/mol. The van der Waals surface area contributed by atoms with Crippen molar-refractivity contribution >= 4 is 23.6 Å². The van der Waals surface area contributed by atoms with E-state index in [4.69, 9.17) is 4.74 Å². The van der Waals surface area contributed by atoms with E-state index in [2.05, 4.69) is 36.5 Å². The molecule has 0 unspecified atom stereocenters. The first-order valence-electron chi connectivity index (χ1n) is 11.3. The first kappa shape index (κ1) is 25.4. The molecule has 3 rings (SSSR count). The molecule has 0 spiro atoms. The first-order valence-corrected chi connectivity index (χ1v) is 12.5. The minimum Gasteiger partial charge on any atom is -0.497 e. The fourth-order valence-corrected chi connectivity index (χ4v) is 4.58. The number of likely N-dealkylation sites (N-methyl/N-ethyl adjacent to an activating group) is 1. The number of hydrogen-bond acceptors (Lipinski definition) is 4. The predicted octanol–water partition coefficient (Wildman–Crippen LogP) is 4.62. The van der Waals surface area contributed by atoms with E-state index in [-0.39, 0.29) is 11.8 Å². The zero-order valence-electron chi connectivity index (χ0n) is 20.0. The van der Waals surface area contributed by atoms with Crippen molar-refractivity contribution in [2.75, 3.05) is 19.9 Å². The summed E-state index contributed by atoms with van der Waals surface area (Å²) in [7, 11) is 3.23. The van der Waals surface area contributed by atoms with E-state index in [1.54, 1.807) is 30.8 Å². The topological polar surface area (TPSA) is 58.6 Å². The van der Waals surface area contributed by atoms with Crippen LogP contribution in [0.5, 0.6) is 5.75 Å². The fourth-order valence-electron chi connectivity index (χ4n) is 3.71. The van der Waals surface area contributed by atoms with Gasteiger partial charge in [-0.25, -0.2) is 0 Å². The second-order valence-electron chi connectivity index (χ2n) is 8.17. The summed E-state index contributed by atoms with van der Waals surface area (Å²) in [6, 6.07) is 25.1. The first-order chi connectivity index (χ1) is 16.5. The Hall–Kier alpha value is -3.25.